The molecule has 0 radical (unpaired) electrons. The Balaban J connectivity index is 1.72. The van der Waals surface area contributed by atoms with Crippen LogP contribution in [0.25, 0.3) is 0 Å². The topological polar surface area (TPSA) is 55.6 Å². The molecule has 0 unspecified atom stereocenters. The number of piperidine rings is 1. The quantitative estimate of drug-likeness (QED) is 0.886. The van der Waals surface area contributed by atoms with Gasteiger partial charge in [0.1, 0.15) is 0 Å². The van der Waals surface area contributed by atoms with Gasteiger partial charge in [-0.3, -0.25) is 4.90 Å². The van der Waals surface area contributed by atoms with Crippen LogP contribution < -0.4 is 5.73 Å². The summed E-state index contributed by atoms with van der Waals surface area (Å²) >= 11 is 0. The molecule has 1 heterocycles. The molecule has 1 aliphatic heterocycles. The molecule has 1 aliphatic rings. The van der Waals surface area contributed by atoms with Gasteiger partial charge in [0.15, 0.2) is 0 Å². The maximum Gasteiger partial charge on any atom is 0.404 e. The molecule has 1 aromatic carbocycles. The number of hydrogen-bond acceptors (Lipinski definition) is 3. The SMILES string of the molecule is NC(=O)OCC1CCN(Cc2ccccc2)CC1. The molecule has 0 saturated carbocycles. The van der Waals surface area contributed by atoms with E-state index in [2.05, 4.69) is 29.2 Å². The fourth-order valence-corrected chi connectivity index (χ4v) is 2.35. The summed E-state index contributed by atoms with van der Waals surface area (Å²) in [6.45, 7) is 3.59. The van der Waals surface area contributed by atoms with Crippen molar-refractivity contribution < 1.29 is 9.53 Å². The van der Waals surface area contributed by atoms with Crippen molar-refractivity contribution in [3.8, 4) is 0 Å². The van der Waals surface area contributed by atoms with Gasteiger partial charge >= 0.3 is 6.09 Å². The Hall–Kier alpha value is -1.55. The standard InChI is InChI=1S/C14H20N2O2/c15-14(17)18-11-13-6-8-16(9-7-13)10-12-4-2-1-3-5-12/h1-5,13H,6-11H2,(H2,15,17). The Bertz CT molecular complexity index is 373. The predicted octanol–water partition coefficient (Wildman–Crippen LogP) is 1.99. The number of nitrogens with two attached hydrogens (primary N) is 1. The van der Waals surface area contributed by atoms with Crippen molar-refractivity contribution in [1.29, 1.82) is 0 Å². The minimum atomic E-state index is -0.665. The van der Waals surface area contributed by atoms with Crippen LogP contribution in [0.15, 0.2) is 30.3 Å². The van der Waals surface area contributed by atoms with Crippen LogP contribution in [0.2, 0.25) is 0 Å². The van der Waals surface area contributed by atoms with E-state index in [9.17, 15) is 4.79 Å². The van der Waals surface area contributed by atoms with E-state index in [-0.39, 0.29) is 0 Å². The first-order chi connectivity index (χ1) is 8.74. The number of amides is 1. The highest BCUT2D eigenvalue weighted by molar-refractivity contribution is 5.64. The lowest BCUT2D eigenvalue weighted by Crippen LogP contribution is -2.35. The van der Waals surface area contributed by atoms with Gasteiger partial charge in [0.05, 0.1) is 6.61 Å². The third kappa shape index (κ3) is 4.04. The molecule has 0 aliphatic carbocycles. The summed E-state index contributed by atoms with van der Waals surface area (Å²) in [5.41, 5.74) is 6.32. The molecule has 4 heteroatoms. The zero-order valence-electron chi connectivity index (χ0n) is 10.5. The minimum Gasteiger partial charge on any atom is -0.449 e. The van der Waals surface area contributed by atoms with Gasteiger partial charge in [-0.1, -0.05) is 30.3 Å². The van der Waals surface area contributed by atoms with E-state index < -0.39 is 6.09 Å². The molecule has 18 heavy (non-hydrogen) atoms. The zero-order chi connectivity index (χ0) is 12.8. The van der Waals surface area contributed by atoms with E-state index >= 15 is 0 Å². The number of hydrogen-bond donors (Lipinski definition) is 1. The second-order valence-electron chi connectivity index (χ2n) is 4.84. The first-order valence-electron chi connectivity index (χ1n) is 6.42. The Labute approximate surface area is 108 Å². The van der Waals surface area contributed by atoms with Crippen LogP contribution in [0, 0.1) is 5.92 Å². The van der Waals surface area contributed by atoms with E-state index in [1.54, 1.807) is 0 Å². The third-order valence-corrected chi connectivity index (χ3v) is 3.42. The molecule has 0 bridgehead atoms. The molecule has 2 rings (SSSR count). The number of ether oxygens (including phenoxy) is 1. The molecule has 0 aromatic heterocycles. The predicted molar refractivity (Wildman–Crippen MR) is 70.0 cm³/mol. The third-order valence-electron chi connectivity index (χ3n) is 3.42. The molecule has 1 saturated heterocycles. The molecular formula is C14H20N2O2. The van der Waals surface area contributed by atoms with Gasteiger partial charge in [-0.25, -0.2) is 4.79 Å². The highest BCUT2D eigenvalue weighted by Crippen LogP contribution is 2.19. The maximum absolute atomic E-state index is 10.5. The van der Waals surface area contributed by atoms with Crippen molar-refractivity contribution in [2.45, 2.75) is 19.4 Å². The summed E-state index contributed by atoms with van der Waals surface area (Å²) in [4.78, 5) is 13.0. The van der Waals surface area contributed by atoms with E-state index in [4.69, 9.17) is 10.5 Å². The minimum absolute atomic E-state index is 0.463. The second kappa shape index (κ2) is 6.40. The van der Waals surface area contributed by atoms with E-state index in [0.717, 1.165) is 32.5 Å². The lowest BCUT2D eigenvalue weighted by Gasteiger charge is -2.31. The average molecular weight is 248 g/mol. The van der Waals surface area contributed by atoms with Crippen molar-refractivity contribution >= 4 is 6.09 Å². The van der Waals surface area contributed by atoms with Crippen LogP contribution in [-0.2, 0) is 11.3 Å². The van der Waals surface area contributed by atoms with Crippen molar-refractivity contribution in [2.75, 3.05) is 19.7 Å². The van der Waals surface area contributed by atoms with E-state index in [1.807, 2.05) is 6.07 Å². The molecule has 0 spiro atoms. The average Bonchev–Trinajstić information content (AvgIpc) is 2.39. The molecule has 1 fully saturated rings. The Morgan fingerprint density at radius 3 is 2.56 bits per heavy atom. The van der Waals surface area contributed by atoms with Crippen LogP contribution in [0.1, 0.15) is 18.4 Å². The summed E-state index contributed by atoms with van der Waals surface area (Å²) in [6.07, 6.45) is 1.47. The van der Waals surface area contributed by atoms with Crippen LogP contribution >= 0.6 is 0 Å². The van der Waals surface area contributed by atoms with Crippen molar-refractivity contribution in [3.05, 3.63) is 35.9 Å². The molecular weight excluding hydrogens is 228 g/mol. The number of primary amides is 1. The maximum atomic E-state index is 10.5. The number of carbonyl (C=O) groups is 1. The van der Waals surface area contributed by atoms with Gasteiger partial charge in [0, 0.05) is 6.54 Å². The lowest BCUT2D eigenvalue weighted by atomic mass is 9.97. The summed E-state index contributed by atoms with van der Waals surface area (Å²) in [6, 6.07) is 10.5. The fourth-order valence-electron chi connectivity index (χ4n) is 2.35. The number of likely N-dealkylation sites (tertiary alicyclic amines) is 1. The Kier molecular flexibility index (Phi) is 4.59. The van der Waals surface area contributed by atoms with Gasteiger partial charge in [-0.05, 0) is 37.4 Å². The van der Waals surface area contributed by atoms with Crippen LogP contribution in [0.4, 0.5) is 4.79 Å². The fraction of sp³-hybridized carbons (Fsp3) is 0.500. The smallest absolute Gasteiger partial charge is 0.404 e. The first kappa shape index (κ1) is 12.9. The normalized spacial score (nSPS) is 17.6. The first-order valence-corrected chi connectivity index (χ1v) is 6.42. The molecule has 1 amide bonds. The van der Waals surface area contributed by atoms with Gasteiger partial charge < -0.3 is 10.5 Å². The monoisotopic (exact) mass is 248 g/mol. The molecule has 0 atom stereocenters. The number of rotatable bonds is 4. The van der Waals surface area contributed by atoms with Crippen LogP contribution in [0.5, 0.6) is 0 Å². The summed E-state index contributed by atoms with van der Waals surface area (Å²) in [5.74, 6) is 0.463. The van der Waals surface area contributed by atoms with Crippen molar-refractivity contribution in [2.24, 2.45) is 11.7 Å². The second-order valence-corrected chi connectivity index (χ2v) is 4.84. The zero-order valence-corrected chi connectivity index (χ0v) is 10.5. The van der Waals surface area contributed by atoms with Crippen molar-refractivity contribution in [3.63, 3.8) is 0 Å². The highest BCUT2D eigenvalue weighted by Gasteiger charge is 2.20. The lowest BCUT2D eigenvalue weighted by molar-refractivity contribution is 0.1000. The molecule has 2 N–H and O–H groups in total. The number of nitrogens with zero attached hydrogens (tertiary/aromatic N) is 1. The van der Waals surface area contributed by atoms with Gasteiger partial charge in [-0.2, -0.15) is 0 Å². The highest BCUT2D eigenvalue weighted by atomic mass is 16.5. The van der Waals surface area contributed by atoms with Crippen LogP contribution in [-0.4, -0.2) is 30.7 Å². The number of carbonyl (C=O) groups excluding carboxylic acids is 1. The largest absolute Gasteiger partial charge is 0.449 e. The van der Waals surface area contributed by atoms with E-state index in [1.165, 1.54) is 5.56 Å². The molecule has 98 valence electrons. The Morgan fingerprint density at radius 2 is 1.94 bits per heavy atom. The van der Waals surface area contributed by atoms with Gasteiger partial charge in [0.25, 0.3) is 0 Å². The summed E-state index contributed by atoms with van der Waals surface area (Å²) in [7, 11) is 0. The molecule has 4 nitrogen and oxygen atoms in total. The Morgan fingerprint density at radius 1 is 1.28 bits per heavy atom. The van der Waals surface area contributed by atoms with Crippen LogP contribution in [0.3, 0.4) is 0 Å². The summed E-state index contributed by atoms with van der Waals surface area (Å²) < 4.78 is 4.86. The van der Waals surface area contributed by atoms with Gasteiger partial charge in [0.2, 0.25) is 0 Å². The molecule has 1 aromatic rings. The van der Waals surface area contributed by atoms with E-state index in [0.29, 0.717) is 12.5 Å². The van der Waals surface area contributed by atoms with Crippen molar-refractivity contribution in [1.82, 2.24) is 4.90 Å². The summed E-state index contributed by atoms with van der Waals surface area (Å²) in [5, 5.41) is 0. The van der Waals surface area contributed by atoms with Gasteiger partial charge in [-0.15, -0.1) is 0 Å². The number of benzene rings is 1.